The zero-order valence-electron chi connectivity index (χ0n) is 9.01. The lowest BCUT2D eigenvalue weighted by Crippen LogP contribution is -2.03. The average molecular weight is 223 g/mol. The minimum absolute atomic E-state index is 0.185. The molecule has 0 spiro atoms. The molecule has 0 radical (unpaired) electrons. The summed E-state index contributed by atoms with van der Waals surface area (Å²) in [5.41, 5.74) is 1.06. The van der Waals surface area contributed by atoms with Gasteiger partial charge in [0.05, 0.1) is 5.52 Å². The Balaban J connectivity index is 2.17. The van der Waals surface area contributed by atoms with E-state index >= 15 is 0 Å². The highest BCUT2D eigenvalue weighted by molar-refractivity contribution is 6.08. The summed E-state index contributed by atoms with van der Waals surface area (Å²) in [6.07, 6.45) is 0. The van der Waals surface area contributed by atoms with Crippen LogP contribution in [-0.2, 0) is 11.3 Å². The minimum Gasteiger partial charge on any atom is -0.408 e. The summed E-state index contributed by atoms with van der Waals surface area (Å²) in [4.78, 5) is 11.2. The molecule has 2 aromatic carbocycles. The molecule has 3 nitrogen and oxygen atoms in total. The molecule has 4 rings (SSSR count). The van der Waals surface area contributed by atoms with Gasteiger partial charge in [0.15, 0.2) is 0 Å². The SMILES string of the molecule is O=C1Cn2c(cc3c4ccccc4ccc32)O1. The number of benzene rings is 2. The highest BCUT2D eigenvalue weighted by atomic mass is 16.6. The Labute approximate surface area is 97.2 Å². The molecule has 2 heterocycles. The highest BCUT2D eigenvalue weighted by Gasteiger charge is 2.22. The number of hydrogen-bond donors (Lipinski definition) is 0. The molecule has 0 bridgehead atoms. The summed E-state index contributed by atoms with van der Waals surface area (Å²) >= 11 is 0. The van der Waals surface area contributed by atoms with E-state index in [2.05, 4.69) is 18.2 Å². The van der Waals surface area contributed by atoms with Crippen LogP contribution in [0.3, 0.4) is 0 Å². The molecule has 17 heavy (non-hydrogen) atoms. The summed E-state index contributed by atoms with van der Waals surface area (Å²) in [7, 11) is 0. The van der Waals surface area contributed by atoms with Crippen molar-refractivity contribution in [3.8, 4) is 5.88 Å². The number of carbonyl (C=O) groups is 1. The van der Waals surface area contributed by atoms with Gasteiger partial charge in [-0.15, -0.1) is 0 Å². The Morgan fingerprint density at radius 2 is 1.94 bits per heavy atom. The summed E-state index contributed by atoms with van der Waals surface area (Å²) < 4.78 is 7.09. The quantitative estimate of drug-likeness (QED) is 0.549. The number of esters is 1. The number of carbonyl (C=O) groups excluding carboxylic acids is 1. The zero-order chi connectivity index (χ0) is 11.4. The maximum absolute atomic E-state index is 11.2. The number of rotatable bonds is 0. The van der Waals surface area contributed by atoms with Crippen molar-refractivity contribution in [3.63, 3.8) is 0 Å². The molecule has 1 aliphatic rings. The lowest BCUT2D eigenvalue weighted by atomic mass is 10.1. The summed E-state index contributed by atoms with van der Waals surface area (Å²) in [6, 6.07) is 14.3. The van der Waals surface area contributed by atoms with Gasteiger partial charge in [-0.1, -0.05) is 30.3 Å². The first kappa shape index (κ1) is 8.82. The van der Waals surface area contributed by atoms with Crippen molar-refractivity contribution in [2.75, 3.05) is 0 Å². The fourth-order valence-electron chi connectivity index (χ4n) is 2.52. The van der Waals surface area contributed by atoms with Crippen molar-refractivity contribution >= 4 is 27.6 Å². The molecule has 0 atom stereocenters. The second-order valence-electron chi connectivity index (χ2n) is 4.26. The average Bonchev–Trinajstić information content (AvgIpc) is 2.85. The van der Waals surface area contributed by atoms with Crippen LogP contribution in [0, 0.1) is 0 Å². The lowest BCUT2D eigenvalue weighted by Gasteiger charge is -2.00. The standard InChI is InChI=1S/C14H9NO2/c16-14-8-15-12-6-5-9-3-1-2-4-10(9)11(12)7-13(15)17-14/h1-7H,8H2. The van der Waals surface area contributed by atoms with Crippen molar-refractivity contribution in [2.24, 2.45) is 0 Å². The van der Waals surface area contributed by atoms with Gasteiger partial charge in [0, 0.05) is 11.5 Å². The summed E-state index contributed by atoms with van der Waals surface area (Å²) in [6.45, 7) is 0.317. The molecule has 0 fully saturated rings. The molecular formula is C14H9NO2. The van der Waals surface area contributed by atoms with Crippen LogP contribution in [0.5, 0.6) is 5.88 Å². The second kappa shape index (κ2) is 2.88. The Hall–Kier alpha value is -2.29. The number of ether oxygens (including phenoxy) is 1. The molecule has 82 valence electrons. The van der Waals surface area contributed by atoms with Gasteiger partial charge in [-0.2, -0.15) is 0 Å². The maximum atomic E-state index is 11.2. The van der Waals surface area contributed by atoms with Crippen molar-refractivity contribution in [2.45, 2.75) is 6.54 Å². The molecule has 3 aromatic rings. The molecule has 0 amide bonds. The normalized spacial score (nSPS) is 14.2. The van der Waals surface area contributed by atoms with Crippen LogP contribution >= 0.6 is 0 Å². The van der Waals surface area contributed by atoms with E-state index in [1.165, 1.54) is 10.8 Å². The van der Waals surface area contributed by atoms with Gasteiger partial charge < -0.3 is 9.30 Å². The minimum atomic E-state index is -0.185. The number of nitrogens with zero attached hydrogens (tertiary/aromatic N) is 1. The van der Waals surface area contributed by atoms with Crippen molar-refractivity contribution < 1.29 is 9.53 Å². The third-order valence-corrected chi connectivity index (χ3v) is 3.28. The first-order valence-electron chi connectivity index (χ1n) is 5.54. The van der Waals surface area contributed by atoms with Crippen molar-refractivity contribution in [1.82, 2.24) is 4.57 Å². The molecule has 1 aliphatic heterocycles. The fourth-order valence-corrected chi connectivity index (χ4v) is 2.52. The Kier molecular flexibility index (Phi) is 1.50. The molecule has 0 saturated carbocycles. The van der Waals surface area contributed by atoms with Crippen LogP contribution in [0.1, 0.15) is 0 Å². The highest BCUT2D eigenvalue weighted by Crippen LogP contribution is 2.33. The molecule has 1 aromatic heterocycles. The molecular weight excluding hydrogens is 214 g/mol. The van der Waals surface area contributed by atoms with Gasteiger partial charge in [-0.25, -0.2) is 4.79 Å². The molecule has 0 N–H and O–H groups in total. The zero-order valence-corrected chi connectivity index (χ0v) is 9.01. The molecule has 0 saturated heterocycles. The Bertz CT molecular complexity index is 770. The summed E-state index contributed by atoms with van der Waals surface area (Å²) in [5.74, 6) is 0.469. The van der Waals surface area contributed by atoms with Crippen LogP contribution in [0.15, 0.2) is 42.5 Å². The first-order valence-corrected chi connectivity index (χ1v) is 5.54. The Morgan fingerprint density at radius 1 is 1.06 bits per heavy atom. The largest absolute Gasteiger partial charge is 0.408 e. The second-order valence-corrected chi connectivity index (χ2v) is 4.26. The summed E-state index contributed by atoms with van der Waals surface area (Å²) in [5, 5.41) is 3.55. The van der Waals surface area contributed by atoms with Crippen molar-refractivity contribution in [1.29, 1.82) is 0 Å². The van der Waals surface area contributed by atoms with Gasteiger partial charge in [0.1, 0.15) is 6.54 Å². The van der Waals surface area contributed by atoms with Crippen LogP contribution in [0.2, 0.25) is 0 Å². The Morgan fingerprint density at radius 3 is 2.88 bits per heavy atom. The van der Waals surface area contributed by atoms with E-state index in [0.29, 0.717) is 12.4 Å². The van der Waals surface area contributed by atoms with E-state index in [0.717, 1.165) is 10.9 Å². The van der Waals surface area contributed by atoms with E-state index in [9.17, 15) is 4.79 Å². The van der Waals surface area contributed by atoms with Crippen LogP contribution in [0.4, 0.5) is 0 Å². The number of aromatic nitrogens is 1. The van der Waals surface area contributed by atoms with Crippen LogP contribution in [0.25, 0.3) is 21.7 Å². The van der Waals surface area contributed by atoms with Crippen LogP contribution < -0.4 is 4.74 Å². The predicted molar refractivity (Wildman–Crippen MR) is 65.1 cm³/mol. The smallest absolute Gasteiger partial charge is 0.332 e. The van der Waals surface area contributed by atoms with Crippen LogP contribution in [-0.4, -0.2) is 10.5 Å². The molecule has 0 aliphatic carbocycles. The van der Waals surface area contributed by atoms with Gasteiger partial charge >= 0.3 is 5.97 Å². The van der Waals surface area contributed by atoms with E-state index in [-0.39, 0.29) is 5.97 Å². The van der Waals surface area contributed by atoms with E-state index in [1.807, 2.05) is 28.8 Å². The number of fused-ring (bicyclic) bond motifs is 5. The topological polar surface area (TPSA) is 31.2 Å². The lowest BCUT2D eigenvalue weighted by molar-refractivity contribution is -0.132. The molecule has 3 heteroatoms. The monoisotopic (exact) mass is 223 g/mol. The van der Waals surface area contributed by atoms with Gasteiger partial charge in [0.25, 0.3) is 0 Å². The van der Waals surface area contributed by atoms with E-state index in [1.54, 1.807) is 0 Å². The molecule has 0 unspecified atom stereocenters. The van der Waals surface area contributed by atoms with Crippen molar-refractivity contribution in [3.05, 3.63) is 42.5 Å². The van der Waals surface area contributed by atoms with E-state index in [4.69, 9.17) is 4.74 Å². The van der Waals surface area contributed by atoms with E-state index < -0.39 is 0 Å². The third-order valence-electron chi connectivity index (χ3n) is 3.28. The third kappa shape index (κ3) is 1.08. The van der Waals surface area contributed by atoms with Gasteiger partial charge in [0.2, 0.25) is 5.88 Å². The predicted octanol–water partition coefficient (Wildman–Crippen LogP) is 2.71. The number of hydrogen-bond acceptors (Lipinski definition) is 2. The first-order chi connectivity index (χ1) is 8.33. The fraction of sp³-hybridized carbons (Fsp3) is 0.0714. The maximum Gasteiger partial charge on any atom is 0.332 e. The van der Waals surface area contributed by atoms with Gasteiger partial charge in [-0.05, 0) is 16.8 Å². The van der Waals surface area contributed by atoms with Gasteiger partial charge in [-0.3, -0.25) is 0 Å².